The highest BCUT2D eigenvalue weighted by molar-refractivity contribution is 6.30. The van der Waals surface area contributed by atoms with Gasteiger partial charge in [0.1, 0.15) is 11.6 Å². The van der Waals surface area contributed by atoms with Crippen molar-refractivity contribution < 1.29 is 9.18 Å². The predicted octanol–water partition coefficient (Wildman–Crippen LogP) is 6.02. The number of nitrogens with one attached hydrogen (secondary N) is 1. The van der Waals surface area contributed by atoms with E-state index in [9.17, 15) is 9.18 Å². The van der Waals surface area contributed by atoms with Gasteiger partial charge >= 0.3 is 0 Å². The minimum absolute atomic E-state index is 0.103. The van der Waals surface area contributed by atoms with Crippen LogP contribution in [0.25, 0.3) is 11.0 Å². The van der Waals surface area contributed by atoms with Crippen LogP contribution in [0.2, 0.25) is 5.02 Å². The molecule has 0 aliphatic carbocycles. The molecule has 0 atom stereocenters. The molecular formula is C26H25ClFN3O. The number of hydrogen-bond acceptors (Lipinski definition) is 2. The van der Waals surface area contributed by atoms with Crippen molar-refractivity contribution >= 4 is 28.5 Å². The molecular weight excluding hydrogens is 425 g/mol. The summed E-state index contributed by atoms with van der Waals surface area (Å²) in [6.07, 6.45) is 3.69. The number of carbonyl (C=O) groups is 1. The van der Waals surface area contributed by atoms with Crippen molar-refractivity contribution in [2.24, 2.45) is 0 Å². The smallest absolute Gasteiger partial charge is 0.251 e. The van der Waals surface area contributed by atoms with Crippen LogP contribution in [0.3, 0.4) is 0 Å². The van der Waals surface area contributed by atoms with Crippen LogP contribution in [0.4, 0.5) is 4.39 Å². The van der Waals surface area contributed by atoms with Crippen molar-refractivity contribution in [3.8, 4) is 0 Å². The van der Waals surface area contributed by atoms with Gasteiger partial charge in [0.05, 0.1) is 11.0 Å². The summed E-state index contributed by atoms with van der Waals surface area (Å²) in [6, 6.07) is 21.7. The highest BCUT2D eigenvalue weighted by Gasteiger charge is 2.11. The van der Waals surface area contributed by atoms with E-state index < -0.39 is 0 Å². The van der Waals surface area contributed by atoms with Crippen LogP contribution in [0.15, 0.2) is 72.8 Å². The number of carbonyl (C=O) groups excluding carboxylic acids is 1. The third kappa shape index (κ3) is 5.54. The summed E-state index contributed by atoms with van der Waals surface area (Å²) in [5.41, 5.74) is 3.67. The first-order chi connectivity index (χ1) is 15.6. The standard InChI is InChI=1S/C26H25ClFN3O/c27-21-8-6-7-20(17-21)26(32)29-16-5-1-2-11-25-30-23-9-3-4-10-24(23)31(25)18-19-12-14-22(28)15-13-19/h3-4,6-10,12-15,17H,1-2,5,11,16,18H2,(H,29,32). The van der Waals surface area contributed by atoms with Gasteiger partial charge in [-0.1, -0.05) is 48.4 Å². The molecule has 4 aromatic rings. The maximum absolute atomic E-state index is 13.3. The zero-order chi connectivity index (χ0) is 22.3. The minimum Gasteiger partial charge on any atom is -0.352 e. The topological polar surface area (TPSA) is 46.9 Å². The molecule has 32 heavy (non-hydrogen) atoms. The van der Waals surface area contributed by atoms with Crippen molar-refractivity contribution in [3.63, 3.8) is 0 Å². The van der Waals surface area contributed by atoms with Gasteiger partial charge in [0, 0.05) is 30.1 Å². The molecule has 3 aromatic carbocycles. The fourth-order valence-corrected chi connectivity index (χ4v) is 3.97. The monoisotopic (exact) mass is 449 g/mol. The second-order valence-corrected chi connectivity index (χ2v) is 8.24. The molecule has 0 radical (unpaired) electrons. The van der Waals surface area contributed by atoms with Gasteiger partial charge < -0.3 is 9.88 Å². The molecule has 0 spiro atoms. The summed E-state index contributed by atoms with van der Waals surface area (Å²) in [5, 5.41) is 3.50. The lowest BCUT2D eigenvalue weighted by molar-refractivity contribution is 0.0953. The maximum atomic E-state index is 13.3. The maximum Gasteiger partial charge on any atom is 0.251 e. The van der Waals surface area contributed by atoms with Gasteiger partial charge in [0.2, 0.25) is 0 Å². The highest BCUT2D eigenvalue weighted by Crippen LogP contribution is 2.20. The van der Waals surface area contributed by atoms with Gasteiger partial charge in [-0.15, -0.1) is 0 Å². The van der Waals surface area contributed by atoms with Gasteiger partial charge in [0.15, 0.2) is 0 Å². The Hall–Kier alpha value is -3.18. The van der Waals surface area contributed by atoms with Crippen molar-refractivity contribution in [1.82, 2.24) is 14.9 Å². The van der Waals surface area contributed by atoms with E-state index >= 15 is 0 Å². The van der Waals surface area contributed by atoms with Crippen molar-refractivity contribution in [2.45, 2.75) is 32.2 Å². The zero-order valence-electron chi connectivity index (χ0n) is 17.7. The summed E-state index contributed by atoms with van der Waals surface area (Å²) < 4.78 is 15.5. The van der Waals surface area contributed by atoms with Crippen LogP contribution >= 0.6 is 11.6 Å². The summed E-state index contributed by atoms with van der Waals surface area (Å²) >= 11 is 5.95. The third-order valence-electron chi connectivity index (χ3n) is 5.44. The fourth-order valence-electron chi connectivity index (χ4n) is 3.78. The summed E-state index contributed by atoms with van der Waals surface area (Å²) in [7, 11) is 0. The molecule has 0 fully saturated rings. The fraction of sp³-hybridized carbons (Fsp3) is 0.231. The third-order valence-corrected chi connectivity index (χ3v) is 5.67. The normalized spacial score (nSPS) is 11.1. The summed E-state index contributed by atoms with van der Waals surface area (Å²) in [6.45, 7) is 1.28. The van der Waals surface area contributed by atoms with Crippen LogP contribution in [0, 0.1) is 5.82 Å². The van der Waals surface area contributed by atoms with Crippen LogP contribution in [0.1, 0.15) is 41.0 Å². The molecule has 164 valence electrons. The Morgan fingerprint density at radius 2 is 1.78 bits per heavy atom. The molecule has 0 bridgehead atoms. The largest absolute Gasteiger partial charge is 0.352 e. The van der Waals surface area contributed by atoms with Crippen LogP contribution < -0.4 is 5.32 Å². The lowest BCUT2D eigenvalue weighted by atomic mass is 10.1. The number of rotatable bonds is 9. The van der Waals surface area contributed by atoms with E-state index in [0.717, 1.165) is 48.1 Å². The Bertz CT molecular complexity index is 1200. The second kappa shape index (κ2) is 10.4. The number of hydrogen-bond donors (Lipinski definition) is 1. The second-order valence-electron chi connectivity index (χ2n) is 7.81. The molecule has 1 heterocycles. The Labute approximate surface area is 192 Å². The van der Waals surface area contributed by atoms with E-state index in [4.69, 9.17) is 16.6 Å². The van der Waals surface area contributed by atoms with Crippen LogP contribution in [-0.4, -0.2) is 22.0 Å². The van der Waals surface area contributed by atoms with Crippen molar-refractivity contribution in [1.29, 1.82) is 0 Å². The molecule has 6 heteroatoms. The molecule has 1 amide bonds. The molecule has 0 aliphatic rings. The first-order valence-corrected chi connectivity index (χ1v) is 11.2. The molecule has 4 rings (SSSR count). The minimum atomic E-state index is -0.230. The van der Waals surface area contributed by atoms with Gasteiger partial charge in [-0.05, 0) is 60.9 Å². The Kier molecular flexibility index (Phi) is 7.17. The molecule has 1 N–H and O–H groups in total. The summed E-state index contributed by atoms with van der Waals surface area (Å²) in [4.78, 5) is 17.0. The predicted molar refractivity (Wildman–Crippen MR) is 127 cm³/mol. The number of imidazole rings is 1. The molecule has 1 aromatic heterocycles. The van der Waals surface area contributed by atoms with Crippen LogP contribution in [-0.2, 0) is 13.0 Å². The van der Waals surface area contributed by atoms with Crippen molar-refractivity contribution in [2.75, 3.05) is 6.54 Å². The average molecular weight is 450 g/mol. The first-order valence-electron chi connectivity index (χ1n) is 10.8. The van der Waals surface area contributed by atoms with E-state index in [-0.39, 0.29) is 11.7 Å². The number of aromatic nitrogens is 2. The number of amides is 1. The molecule has 0 unspecified atom stereocenters. The quantitative estimate of drug-likeness (QED) is 0.317. The van der Waals surface area contributed by atoms with E-state index in [2.05, 4.69) is 16.0 Å². The lowest BCUT2D eigenvalue weighted by Gasteiger charge is -2.10. The van der Waals surface area contributed by atoms with E-state index in [1.807, 2.05) is 30.3 Å². The first kappa shape index (κ1) is 22.0. The van der Waals surface area contributed by atoms with Crippen molar-refractivity contribution in [3.05, 3.63) is 101 Å². The SMILES string of the molecule is O=C(NCCCCCc1nc2ccccc2n1Cc1ccc(F)cc1)c1cccc(Cl)c1. The van der Waals surface area contributed by atoms with Crippen LogP contribution in [0.5, 0.6) is 0 Å². The number of aryl methyl sites for hydroxylation is 1. The van der Waals surface area contributed by atoms with Gasteiger partial charge in [0.25, 0.3) is 5.91 Å². The Morgan fingerprint density at radius 3 is 2.59 bits per heavy atom. The molecule has 0 saturated carbocycles. The number of nitrogens with zero attached hydrogens (tertiary/aromatic N) is 2. The summed E-state index contributed by atoms with van der Waals surface area (Å²) in [5.74, 6) is 0.694. The molecule has 4 nitrogen and oxygen atoms in total. The number of halogens is 2. The van der Waals surface area contributed by atoms with Gasteiger partial charge in [-0.25, -0.2) is 9.37 Å². The lowest BCUT2D eigenvalue weighted by Crippen LogP contribution is -2.24. The van der Waals surface area contributed by atoms with Gasteiger partial charge in [-0.3, -0.25) is 4.79 Å². The number of fused-ring (bicyclic) bond motifs is 1. The zero-order valence-corrected chi connectivity index (χ0v) is 18.5. The Balaban J connectivity index is 1.32. The van der Waals surface area contributed by atoms with E-state index in [0.29, 0.717) is 23.7 Å². The number of para-hydroxylation sites is 2. The Morgan fingerprint density at radius 1 is 0.969 bits per heavy atom. The number of unbranched alkanes of at least 4 members (excludes halogenated alkanes) is 2. The highest BCUT2D eigenvalue weighted by atomic mass is 35.5. The number of benzene rings is 3. The van der Waals surface area contributed by atoms with E-state index in [1.165, 1.54) is 12.1 Å². The molecule has 0 aliphatic heterocycles. The average Bonchev–Trinajstić information content (AvgIpc) is 3.14. The molecule has 0 saturated heterocycles. The van der Waals surface area contributed by atoms with Gasteiger partial charge in [-0.2, -0.15) is 0 Å². The van der Waals surface area contributed by atoms with E-state index in [1.54, 1.807) is 24.3 Å².